The number of carbonyl (C=O) groups excluding carboxylic acids is 1. The molecule has 2 aromatic carbocycles. The summed E-state index contributed by atoms with van der Waals surface area (Å²) < 4.78 is 5.62. The van der Waals surface area contributed by atoms with E-state index >= 15 is 0 Å². The van der Waals surface area contributed by atoms with Crippen LogP contribution in [0.3, 0.4) is 0 Å². The van der Waals surface area contributed by atoms with Crippen LogP contribution in [0.4, 0.5) is 11.5 Å². The summed E-state index contributed by atoms with van der Waals surface area (Å²) in [4.78, 5) is 12.3. The summed E-state index contributed by atoms with van der Waals surface area (Å²) in [5.74, 6) is 1.12. The molecule has 2 N–H and O–H groups in total. The summed E-state index contributed by atoms with van der Waals surface area (Å²) in [5, 5.41) is 14.1. The van der Waals surface area contributed by atoms with Gasteiger partial charge in [0, 0.05) is 12.2 Å². The Morgan fingerprint density at radius 3 is 2.39 bits per heavy atom. The molecular weight excluding hydrogens is 352 g/mol. The van der Waals surface area contributed by atoms with Gasteiger partial charge < -0.3 is 15.4 Å². The second-order valence-electron chi connectivity index (χ2n) is 6.73. The molecule has 28 heavy (non-hydrogen) atoms. The highest BCUT2D eigenvalue weighted by Gasteiger charge is 2.09. The minimum atomic E-state index is -0.252. The van der Waals surface area contributed by atoms with Gasteiger partial charge in [-0.3, -0.25) is 4.79 Å². The van der Waals surface area contributed by atoms with Gasteiger partial charge in [-0.25, -0.2) is 0 Å². The third-order valence-corrected chi connectivity index (χ3v) is 4.10. The molecule has 0 aliphatic heterocycles. The second-order valence-corrected chi connectivity index (χ2v) is 6.73. The van der Waals surface area contributed by atoms with Gasteiger partial charge in [-0.15, -0.1) is 10.2 Å². The lowest BCUT2D eigenvalue weighted by molar-refractivity contribution is 0.0945. The second kappa shape index (κ2) is 8.99. The first-order valence-electron chi connectivity index (χ1n) is 9.21. The first kappa shape index (κ1) is 19.4. The number of nitrogens with one attached hydrogen (secondary N) is 2. The van der Waals surface area contributed by atoms with Crippen LogP contribution in [0.5, 0.6) is 5.75 Å². The number of carbonyl (C=O) groups is 1. The van der Waals surface area contributed by atoms with E-state index in [1.807, 2.05) is 69.3 Å². The fraction of sp³-hybridized carbons (Fsp3) is 0.227. The molecule has 3 aromatic rings. The third-order valence-electron chi connectivity index (χ3n) is 4.10. The number of amides is 1. The van der Waals surface area contributed by atoms with Gasteiger partial charge >= 0.3 is 0 Å². The van der Waals surface area contributed by atoms with Crippen molar-refractivity contribution in [1.29, 1.82) is 0 Å². The lowest BCUT2D eigenvalue weighted by Gasteiger charge is -2.11. The smallest absolute Gasteiger partial charge is 0.272 e. The van der Waals surface area contributed by atoms with Crippen LogP contribution in [0.1, 0.15) is 35.5 Å². The molecule has 6 nitrogen and oxygen atoms in total. The maximum Gasteiger partial charge on any atom is 0.272 e. The van der Waals surface area contributed by atoms with Crippen LogP contribution in [0.2, 0.25) is 0 Å². The SMILES string of the molecule is Cc1ccccc1CNC(=O)c1ccc(Nc2ccc(OC(C)C)cc2)nn1. The van der Waals surface area contributed by atoms with E-state index in [4.69, 9.17) is 4.74 Å². The Labute approximate surface area is 165 Å². The van der Waals surface area contributed by atoms with Crippen LogP contribution in [0.25, 0.3) is 0 Å². The van der Waals surface area contributed by atoms with Gasteiger partial charge in [-0.05, 0) is 68.3 Å². The van der Waals surface area contributed by atoms with Crippen molar-refractivity contribution in [1.82, 2.24) is 15.5 Å². The Morgan fingerprint density at radius 1 is 1.00 bits per heavy atom. The van der Waals surface area contributed by atoms with E-state index in [9.17, 15) is 4.79 Å². The summed E-state index contributed by atoms with van der Waals surface area (Å²) in [5.41, 5.74) is 3.35. The number of hydrogen-bond acceptors (Lipinski definition) is 5. The Balaban J connectivity index is 1.57. The zero-order valence-corrected chi connectivity index (χ0v) is 16.3. The number of aromatic nitrogens is 2. The molecule has 0 unspecified atom stereocenters. The zero-order valence-electron chi connectivity index (χ0n) is 16.3. The maximum atomic E-state index is 12.3. The van der Waals surface area contributed by atoms with Gasteiger partial charge in [0.15, 0.2) is 11.5 Å². The summed E-state index contributed by atoms with van der Waals surface area (Å²) in [6.45, 7) is 6.45. The first-order valence-corrected chi connectivity index (χ1v) is 9.21. The number of rotatable bonds is 7. The molecule has 1 heterocycles. The van der Waals surface area contributed by atoms with Crippen molar-refractivity contribution in [2.75, 3.05) is 5.32 Å². The monoisotopic (exact) mass is 376 g/mol. The van der Waals surface area contributed by atoms with Crippen LogP contribution in [0.15, 0.2) is 60.7 Å². The van der Waals surface area contributed by atoms with Crippen molar-refractivity contribution in [2.24, 2.45) is 0 Å². The molecular formula is C22H24N4O2. The number of benzene rings is 2. The first-order chi connectivity index (χ1) is 13.5. The minimum absolute atomic E-state index is 0.133. The molecule has 3 rings (SSSR count). The number of ether oxygens (including phenoxy) is 1. The molecule has 0 spiro atoms. The molecule has 144 valence electrons. The van der Waals surface area contributed by atoms with Crippen molar-refractivity contribution in [2.45, 2.75) is 33.4 Å². The standard InChI is InChI=1S/C22H24N4O2/c1-15(2)28-19-10-8-18(9-11-19)24-21-13-12-20(25-26-21)22(27)23-14-17-7-5-4-6-16(17)3/h4-13,15H,14H2,1-3H3,(H,23,27)(H,24,26). The highest BCUT2D eigenvalue weighted by Crippen LogP contribution is 2.19. The largest absolute Gasteiger partial charge is 0.491 e. The molecule has 0 radical (unpaired) electrons. The Bertz CT molecular complexity index is 922. The van der Waals surface area contributed by atoms with Crippen molar-refractivity contribution in [3.8, 4) is 5.75 Å². The summed E-state index contributed by atoms with van der Waals surface area (Å²) in [6.07, 6.45) is 0.133. The molecule has 0 atom stereocenters. The Kier molecular flexibility index (Phi) is 6.22. The van der Waals surface area contributed by atoms with E-state index in [0.717, 1.165) is 22.6 Å². The average molecular weight is 376 g/mol. The fourth-order valence-electron chi connectivity index (χ4n) is 2.63. The molecule has 0 aliphatic carbocycles. The zero-order chi connectivity index (χ0) is 19.9. The Hall–Kier alpha value is -3.41. The van der Waals surface area contributed by atoms with Crippen LogP contribution in [0, 0.1) is 6.92 Å². The van der Waals surface area contributed by atoms with Crippen molar-refractivity contribution in [3.05, 3.63) is 77.5 Å². The van der Waals surface area contributed by atoms with Gasteiger partial charge in [-0.1, -0.05) is 24.3 Å². The van der Waals surface area contributed by atoms with Crippen LogP contribution < -0.4 is 15.4 Å². The Morgan fingerprint density at radius 2 is 1.75 bits per heavy atom. The lowest BCUT2D eigenvalue weighted by Crippen LogP contribution is -2.24. The van der Waals surface area contributed by atoms with Crippen molar-refractivity contribution < 1.29 is 9.53 Å². The van der Waals surface area contributed by atoms with Gasteiger partial charge in [0.2, 0.25) is 0 Å². The van der Waals surface area contributed by atoms with Crippen molar-refractivity contribution >= 4 is 17.4 Å². The predicted molar refractivity (Wildman–Crippen MR) is 110 cm³/mol. The number of hydrogen-bond donors (Lipinski definition) is 2. The number of nitrogens with zero attached hydrogens (tertiary/aromatic N) is 2. The normalized spacial score (nSPS) is 10.6. The maximum absolute atomic E-state index is 12.3. The van der Waals surface area contributed by atoms with Crippen LogP contribution in [-0.2, 0) is 6.54 Å². The molecule has 0 aliphatic rings. The van der Waals surface area contributed by atoms with Crippen LogP contribution in [-0.4, -0.2) is 22.2 Å². The molecule has 6 heteroatoms. The summed E-state index contributed by atoms with van der Waals surface area (Å²) >= 11 is 0. The molecule has 0 fully saturated rings. The molecule has 1 amide bonds. The predicted octanol–water partition coefficient (Wildman–Crippen LogP) is 4.25. The molecule has 0 saturated heterocycles. The topological polar surface area (TPSA) is 76.1 Å². The molecule has 0 bridgehead atoms. The van der Waals surface area contributed by atoms with Gasteiger partial charge in [0.25, 0.3) is 5.91 Å². The van der Waals surface area contributed by atoms with E-state index in [1.54, 1.807) is 12.1 Å². The van der Waals surface area contributed by atoms with E-state index in [0.29, 0.717) is 12.4 Å². The van der Waals surface area contributed by atoms with E-state index in [-0.39, 0.29) is 17.7 Å². The van der Waals surface area contributed by atoms with Crippen molar-refractivity contribution in [3.63, 3.8) is 0 Å². The lowest BCUT2D eigenvalue weighted by atomic mass is 10.1. The van der Waals surface area contributed by atoms with Gasteiger partial charge in [-0.2, -0.15) is 0 Å². The molecule has 0 saturated carbocycles. The summed E-state index contributed by atoms with van der Waals surface area (Å²) in [7, 11) is 0. The fourth-order valence-corrected chi connectivity index (χ4v) is 2.63. The quantitative estimate of drug-likeness (QED) is 0.645. The van der Waals surface area contributed by atoms with E-state index in [1.165, 1.54) is 0 Å². The van der Waals surface area contributed by atoms with E-state index < -0.39 is 0 Å². The van der Waals surface area contributed by atoms with E-state index in [2.05, 4.69) is 20.8 Å². The molecule has 1 aromatic heterocycles. The highest BCUT2D eigenvalue weighted by atomic mass is 16.5. The average Bonchev–Trinajstić information content (AvgIpc) is 2.69. The van der Waals surface area contributed by atoms with Crippen LogP contribution >= 0.6 is 0 Å². The third kappa shape index (κ3) is 5.30. The number of anilines is 2. The van der Waals surface area contributed by atoms with Gasteiger partial charge in [0.1, 0.15) is 5.75 Å². The highest BCUT2D eigenvalue weighted by molar-refractivity contribution is 5.92. The number of aryl methyl sites for hydroxylation is 1. The van der Waals surface area contributed by atoms with Gasteiger partial charge in [0.05, 0.1) is 6.10 Å². The summed E-state index contributed by atoms with van der Waals surface area (Å²) in [6, 6.07) is 18.9. The minimum Gasteiger partial charge on any atom is -0.491 e.